The molecule has 2 rings (SSSR count). The van der Waals surface area contributed by atoms with Crippen LogP contribution in [0.5, 0.6) is 0 Å². The van der Waals surface area contributed by atoms with Crippen molar-refractivity contribution in [3.8, 4) is 0 Å². The lowest BCUT2D eigenvalue weighted by molar-refractivity contribution is -0.168. The number of hydrogen-bond acceptors (Lipinski definition) is 5. The molecule has 0 saturated heterocycles. The second kappa shape index (κ2) is 4.66. The molecule has 0 bridgehead atoms. The molecule has 5 nitrogen and oxygen atoms in total. The van der Waals surface area contributed by atoms with Crippen LogP contribution in [0.15, 0.2) is 11.1 Å². The summed E-state index contributed by atoms with van der Waals surface area (Å²) in [7, 11) is 0. The zero-order valence-corrected chi connectivity index (χ0v) is 11.8. The molecule has 0 aromatic carbocycles. The van der Waals surface area contributed by atoms with Crippen LogP contribution >= 0.6 is 0 Å². The second-order valence-electron chi connectivity index (χ2n) is 5.88. The van der Waals surface area contributed by atoms with Crippen molar-refractivity contribution in [2.45, 2.75) is 58.7 Å². The van der Waals surface area contributed by atoms with Crippen LogP contribution in [0.2, 0.25) is 0 Å². The molecule has 19 heavy (non-hydrogen) atoms. The smallest absolute Gasteiger partial charge is 0.188 e. The van der Waals surface area contributed by atoms with Gasteiger partial charge in [-0.3, -0.25) is 4.79 Å². The third-order valence-electron chi connectivity index (χ3n) is 4.90. The van der Waals surface area contributed by atoms with E-state index >= 15 is 0 Å². The summed E-state index contributed by atoms with van der Waals surface area (Å²) in [4.78, 5) is 12.4. The summed E-state index contributed by atoms with van der Waals surface area (Å²) in [5.74, 6) is -0.650. The number of carbonyl (C=O) groups is 1. The maximum atomic E-state index is 12.4. The van der Waals surface area contributed by atoms with Gasteiger partial charge in [-0.2, -0.15) is 0 Å². The number of aliphatic hydroxyl groups is 3. The number of carbonyl (C=O) groups excluding carboxylic acids is 1. The SMILES string of the molecule is CCC1(C)C(O)C(=O)C2=C(C(O)OC(C)C2C)C1O. The van der Waals surface area contributed by atoms with E-state index in [2.05, 4.69) is 0 Å². The third-order valence-corrected chi connectivity index (χ3v) is 4.90. The Labute approximate surface area is 112 Å². The highest BCUT2D eigenvalue weighted by Crippen LogP contribution is 2.46. The van der Waals surface area contributed by atoms with Gasteiger partial charge in [0, 0.05) is 22.5 Å². The Bertz CT molecular complexity index is 430. The zero-order chi connectivity index (χ0) is 14.5. The molecule has 1 aliphatic carbocycles. The predicted octanol–water partition coefficient (Wildman–Crippen LogP) is 0.377. The molecule has 2 aliphatic rings. The summed E-state index contributed by atoms with van der Waals surface area (Å²) in [5, 5.41) is 30.7. The van der Waals surface area contributed by atoms with Crippen molar-refractivity contribution >= 4 is 5.78 Å². The van der Waals surface area contributed by atoms with Gasteiger partial charge >= 0.3 is 0 Å². The van der Waals surface area contributed by atoms with Gasteiger partial charge in [-0.15, -0.1) is 0 Å². The number of aliphatic hydroxyl groups excluding tert-OH is 3. The van der Waals surface area contributed by atoms with E-state index in [-0.39, 0.29) is 17.6 Å². The molecule has 3 N–H and O–H groups in total. The quantitative estimate of drug-likeness (QED) is 0.641. The Hall–Kier alpha value is -0.750. The molecule has 0 spiro atoms. The second-order valence-corrected chi connectivity index (χ2v) is 5.88. The van der Waals surface area contributed by atoms with Gasteiger partial charge in [0.1, 0.15) is 6.10 Å². The fraction of sp³-hybridized carbons (Fsp3) is 0.786. The van der Waals surface area contributed by atoms with Gasteiger partial charge in [-0.25, -0.2) is 0 Å². The summed E-state index contributed by atoms with van der Waals surface area (Å²) >= 11 is 0. The molecule has 108 valence electrons. The van der Waals surface area contributed by atoms with E-state index in [0.29, 0.717) is 12.0 Å². The van der Waals surface area contributed by atoms with Gasteiger partial charge < -0.3 is 20.1 Å². The molecule has 0 aromatic rings. The van der Waals surface area contributed by atoms with Crippen molar-refractivity contribution in [2.24, 2.45) is 11.3 Å². The number of Topliss-reactive ketones (excluding diaryl/α,β-unsaturated/α-hetero) is 1. The summed E-state index contributed by atoms with van der Waals surface area (Å²) in [6.45, 7) is 7.02. The van der Waals surface area contributed by atoms with E-state index in [1.54, 1.807) is 27.7 Å². The van der Waals surface area contributed by atoms with Crippen LogP contribution in [0.4, 0.5) is 0 Å². The topological polar surface area (TPSA) is 87.0 Å². The number of rotatable bonds is 1. The van der Waals surface area contributed by atoms with Gasteiger partial charge in [-0.1, -0.05) is 20.8 Å². The van der Waals surface area contributed by atoms with E-state index in [0.717, 1.165) is 0 Å². The molecular formula is C14H22O5. The van der Waals surface area contributed by atoms with E-state index < -0.39 is 29.7 Å². The standard InChI is InChI=1S/C14H22O5/c1-5-14(4)11(16)9-8(10(15)12(14)17)6(2)7(3)19-13(9)18/h6-7,11-13,16-18H,5H2,1-4H3. The van der Waals surface area contributed by atoms with Crippen molar-refractivity contribution in [1.82, 2.24) is 0 Å². The number of ketones is 1. The highest BCUT2D eigenvalue weighted by molar-refractivity contribution is 6.02. The van der Waals surface area contributed by atoms with Crippen molar-refractivity contribution in [2.75, 3.05) is 0 Å². The zero-order valence-electron chi connectivity index (χ0n) is 11.8. The average Bonchev–Trinajstić information content (AvgIpc) is 2.37. The molecule has 0 radical (unpaired) electrons. The minimum Gasteiger partial charge on any atom is -0.388 e. The molecule has 0 aromatic heterocycles. The molecule has 0 amide bonds. The monoisotopic (exact) mass is 270 g/mol. The predicted molar refractivity (Wildman–Crippen MR) is 68.2 cm³/mol. The van der Waals surface area contributed by atoms with Crippen LogP contribution < -0.4 is 0 Å². The summed E-state index contributed by atoms with van der Waals surface area (Å²) < 4.78 is 5.36. The summed E-state index contributed by atoms with van der Waals surface area (Å²) in [6, 6.07) is 0. The number of hydrogen-bond donors (Lipinski definition) is 3. The van der Waals surface area contributed by atoms with Crippen LogP contribution in [0.3, 0.4) is 0 Å². The first kappa shape index (κ1) is 14.7. The normalized spacial score (nSPS) is 47.3. The molecule has 6 unspecified atom stereocenters. The van der Waals surface area contributed by atoms with Crippen LogP contribution in [-0.2, 0) is 9.53 Å². The summed E-state index contributed by atoms with van der Waals surface area (Å²) in [5.41, 5.74) is -0.428. The molecular weight excluding hydrogens is 248 g/mol. The first-order valence-electron chi connectivity index (χ1n) is 6.73. The Morgan fingerprint density at radius 1 is 1.21 bits per heavy atom. The average molecular weight is 270 g/mol. The van der Waals surface area contributed by atoms with Crippen LogP contribution in [0.1, 0.15) is 34.1 Å². The van der Waals surface area contributed by atoms with Gasteiger partial charge in [0.15, 0.2) is 12.1 Å². The fourth-order valence-electron chi connectivity index (χ4n) is 3.01. The first-order chi connectivity index (χ1) is 8.75. The number of ether oxygens (including phenoxy) is 1. The van der Waals surface area contributed by atoms with E-state index in [4.69, 9.17) is 4.74 Å². The maximum Gasteiger partial charge on any atom is 0.188 e. The Morgan fingerprint density at radius 2 is 1.79 bits per heavy atom. The van der Waals surface area contributed by atoms with E-state index in [1.807, 2.05) is 0 Å². The Balaban J connectivity index is 2.60. The first-order valence-corrected chi connectivity index (χ1v) is 6.73. The van der Waals surface area contributed by atoms with Crippen molar-refractivity contribution < 1.29 is 24.9 Å². The largest absolute Gasteiger partial charge is 0.388 e. The lowest BCUT2D eigenvalue weighted by Gasteiger charge is -2.48. The highest BCUT2D eigenvalue weighted by atomic mass is 16.6. The molecule has 0 saturated carbocycles. The Morgan fingerprint density at radius 3 is 2.32 bits per heavy atom. The summed E-state index contributed by atoms with van der Waals surface area (Å²) in [6.07, 6.45) is -3.51. The van der Waals surface area contributed by atoms with E-state index in [1.165, 1.54) is 0 Å². The highest BCUT2D eigenvalue weighted by Gasteiger charge is 2.54. The molecule has 5 heteroatoms. The van der Waals surface area contributed by atoms with Gasteiger partial charge in [0.05, 0.1) is 12.2 Å². The van der Waals surface area contributed by atoms with Crippen molar-refractivity contribution in [3.63, 3.8) is 0 Å². The van der Waals surface area contributed by atoms with Gasteiger partial charge in [0.2, 0.25) is 0 Å². The van der Waals surface area contributed by atoms with Gasteiger partial charge in [0.25, 0.3) is 0 Å². The molecule has 0 fully saturated rings. The van der Waals surface area contributed by atoms with Crippen molar-refractivity contribution in [1.29, 1.82) is 0 Å². The maximum absolute atomic E-state index is 12.4. The van der Waals surface area contributed by atoms with E-state index in [9.17, 15) is 20.1 Å². The Kier molecular flexibility index (Phi) is 3.60. The molecule has 6 atom stereocenters. The molecule has 1 heterocycles. The lowest BCUT2D eigenvalue weighted by atomic mass is 9.63. The van der Waals surface area contributed by atoms with Crippen LogP contribution in [-0.4, -0.2) is 45.7 Å². The van der Waals surface area contributed by atoms with Crippen LogP contribution in [0, 0.1) is 11.3 Å². The minimum atomic E-state index is -1.28. The minimum absolute atomic E-state index is 0.227. The third kappa shape index (κ3) is 1.88. The van der Waals surface area contributed by atoms with Gasteiger partial charge in [-0.05, 0) is 13.3 Å². The fourth-order valence-corrected chi connectivity index (χ4v) is 3.01. The molecule has 1 aliphatic heterocycles. The van der Waals surface area contributed by atoms with Crippen molar-refractivity contribution in [3.05, 3.63) is 11.1 Å². The van der Waals surface area contributed by atoms with Crippen LogP contribution in [0.25, 0.3) is 0 Å². The lowest BCUT2D eigenvalue weighted by Crippen LogP contribution is -2.57.